The van der Waals surface area contributed by atoms with Gasteiger partial charge in [-0.2, -0.15) is 0 Å². The number of pyridine rings is 1. The molecule has 0 aliphatic rings. The summed E-state index contributed by atoms with van der Waals surface area (Å²) in [4.78, 5) is 15.1. The Kier molecular flexibility index (Phi) is 4.91. The van der Waals surface area contributed by atoms with Crippen molar-refractivity contribution in [2.45, 2.75) is 18.4 Å². The van der Waals surface area contributed by atoms with Gasteiger partial charge in [0.2, 0.25) is 5.91 Å². The minimum Gasteiger partial charge on any atom is -0.396 e. The van der Waals surface area contributed by atoms with Crippen molar-refractivity contribution in [2.24, 2.45) is 0 Å². The number of amides is 1. The van der Waals surface area contributed by atoms with E-state index in [4.69, 9.17) is 5.73 Å². The van der Waals surface area contributed by atoms with Crippen LogP contribution in [0.1, 0.15) is 13.3 Å². The highest BCUT2D eigenvalue weighted by Crippen LogP contribution is 2.12. The lowest BCUT2D eigenvalue weighted by atomic mass is 10.4. The lowest BCUT2D eigenvalue weighted by Crippen LogP contribution is -2.24. The van der Waals surface area contributed by atoms with Crippen molar-refractivity contribution in [3.63, 3.8) is 0 Å². The highest BCUT2D eigenvalue weighted by Gasteiger charge is 2.10. The Hall–Kier alpha value is -1.43. The van der Waals surface area contributed by atoms with Crippen LogP contribution in [0.25, 0.3) is 0 Å². The number of nitrogens with zero attached hydrogens (tertiary/aromatic N) is 1. The van der Waals surface area contributed by atoms with Crippen LogP contribution in [0.5, 0.6) is 0 Å². The van der Waals surface area contributed by atoms with Crippen molar-refractivity contribution in [3.05, 3.63) is 18.3 Å². The van der Waals surface area contributed by atoms with E-state index >= 15 is 0 Å². The van der Waals surface area contributed by atoms with Crippen LogP contribution in [0, 0.1) is 0 Å². The molecule has 0 saturated carbocycles. The number of carbonyl (C=O) groups is 1. The normalized spacial score (nSPS) is 12.1. The van der Waals surface area contributed by atoms with Gasteiger partial charge >= 0.3 is 0 Å². The summed E-state index contributed by atoms with van der Waals surface area (Å²) in [6, 6.07) is 3.33. The van der Waals surface area contributed by atoms with Crippen molar-refractivity contribution in [2.75, 3.05) is 18.0 Å². The van der Waals surface area contributed by atoms with E-state index in [9.17, 15) is 9.00 Å². The largest absolute Gasteiger partial charge is 0.396 e. The van der Waals surface area contributed by atoms with Gasteiger partial charge in [0.05, 0.1) is 16.5 Å². The fourth-order valence-corrected chi connectivity index (χ4v) is 2.23. The molecule has 0 aliphatic carbocycles. The summed E-state index contributed by atoms with van der Waals surface area (Å²) >= 11 is 0. The predicted molar refractivity (Wildman–Crippen MR) is 63.2 cm³/mol. The predicted octanol–water partition coefficient (Wildman–Crippen LogP) is 0.298. The maximum atomic E-state index is 11.8. The maximum absolute atomic E-state index is 11.8. The number of rotatable bonds is 5. The first kappa shape index (κ1) is 12.6. The van der Waals surface area contributed by atoms with Crippen LogP contribution in [0.3, 0.4) is 0 Å². The summed E-state index contributed by atoms with van der Waals surface area (Å²) in [6.45, 7) is 2.42. The number of carbonyl (C=O) groups excluding carboxylic acids is 1. The third kappa shape index (κ3) is 3.62. The minimum absolute atomic E-state index is 0.106. The van der Waals surface area contributed by atoms with E-state index in [1.807, 2.05) is 6.92 Å². The smallest absolute Gasteiger partial charge is 0.220 e. The van der Waals surface area contributed by atoms with E-state index < -0.39 is 10.8 Å². The molecule has 1 aromatic rings. The molecular formula is C10H15N3O2S. The van der Waals surface area contributed by atoms with E-state index in [1.54, 1.807) is 12.1 Å². The average Bonchev–Trinajstić information content (AvgIpc) is 2.27. The van der Waals surface area contributed by atoms with Gasteiger partial charge in [-0.3, -0.25) is 9.00 Å². The Morgan fingerprint density at radius 2 is 2.38 bits per heavy atom. The van der Waals surface area contributed by atoms with Gasteiger partial charge in [0.15, 0.2) is 0 Å². The Labute approximate surface area is 96.9 Å². The van der Waals surface area contributed by atoms with Crippen LogP contribution in [0.4, 0.5) is 5.69 Å². The number of anilines is 1. The zero-order chi connectivity index (χ0) is 12.0. The van der Waals surface area contributed by atoms with Crippen molar-refractivity contribution < 1.29 is 9.00 Å². The summed E-state index contributed by atoms with van der Waals surface area (Å²) in [5.74, 6) is 0.137. The molecule has 0 fully saturated rings. The molecule has 0 aromatic carbocycles. The number of nitrogen functional groups attached to an aromatic ring is 1. The minimum atomic E-state index is -1.32. The fourth-order valence-electron chi connectivity index (χ4n) is 1.16. The Morgan fingerprint density at radius 3 is 3.00 bits per heavy atom. The molecule has 0 spiro atoms. The van der Waals surface area contributed by atoms with Gasteiger partial charge < -0.3 is 11.1 Å². The topological polar surface area (TPSA) is 85.1 Å². The van der Waals surface area contributed by atoms with Gasteiger partial charge in [-0.1, -0.05) is 0 Å². The fraction of sp³-hybridized carbons (Fsp3) is 0.400. The molecule has 0 bridgehead atoms. The molecule has 1 aromatic heterocycles. The molecule has 6 heteroatoms. The van der Waals surface area contributed by atoms with Gasteiger partial charge in [0.25, 0.3) is 0 Å². The van der Waals surface area contributed by atoms with Crippen LogP contribution in [0.15, 0.2) is 23.4 Å². The number of hydrogen-bond acceptors (Lipinski definition) is 4. The molecule has 1 heterocycles. The van der Waals surface area contributed by atoms with Crippen LogP contribution < -0.4 is 11.1 Å². The molecule has 1 unspecified atom stereocenters. The molecule has 1 amide bonds. The van der Waals surface area contributed by atoms with Crippen LogP contribution in [-0.4, -0.2) is 27.4 Å². The van der Waals surface area contributed by atoms with Crippen LogP contribution >= 0.6 is 0 Å². The number of nitrogens with two attached hydrogens (primary N) is 1. The van der Waals surface area contributed by atoms with Gasteiger partial charge in [0, 0.05) is 24.9 Å². The second-order valence-electron chi connectivity index (χ2n) is 3.15. The van der Waals surface area contributed by atoms with Crippen molar-refractivity contribution in [1.82, 2.24) is 10.3 Å². The molecule has 5 nitrogen and oxygen atoms in total. The van der Waals surface area contributed by atoms with E-state index in [-0.39, 0.29) is 18.1 Å². The van der Waals surface area contributed by atoms with Gasteiger partial charge in [0.1, 0.15) is 5.03 Å². The van der Waals surface area contributed by atoms with E-state index in [0.29, 0.717) is 17.3 Å². The quantitative estimate of drug-likeness (QED) is 0.776. The lowest BCUT2D eigenvalue weighted by Gasteiger charge is -2.04. The van der Waals surface area contributed by atoms with Crippen molar-refractivity contribution in [1.29, 1.82) is 0 Å². The van der Waals surface area contributed by atoms with Crippen LogP contribution in [-0.2, 0) is 15.6 Å². The molecule has 0 saturated heterocycles. The highest BCUT2D eigenvalue weighted by atomic mass is 32.2. The maximum Gasteiger partial charge on any atom is 0.220 e. The van der Waals surface area contributed by atoms with Crippen molar-refractivity contribution >= 4 is 22.4 Å². The lowest BCUT2D eigenvalue weighted by molar-refractivity contribution is -0.120. The summed E-state index contributed by atoms with van der Waals surface area (Å²) in [5, 5.41) is 3.00. The molecule has 3 N–H and O–H groups in total. The number of hydrogen-bond donors (Lipinski definition) is 2. The summed E-state index contributed by atoms with van der Waals surface area (Å²) < 4.78 is 11.8. The number of nitrogens with one attached hydrogen (secondary N) is 1. The molecule has 1 rings (SSSR count). The van der Waals surface area contributed by atoms with Gasteiger partial charge in [-0.25, -0.2) is 4.98 Å². The first-order valence-electron chi connectivity index (χ1n) is 5.00. The molecule has 0 radical (unpaired) electrons. The Morgan fingerprint density at radius 1 is 1.62 bits per heavy atom. The second kappa shape index (κ2) is 6.22. The molecule has 0 aliphatic heterocycles. The molecule has 88 valence electrons. The molecule has 1 atom stereocenters. The Balaban J connectivity index is 2.54. The summed E-state index contributed by atoms with van der Waals surface area (Å²) in [5.41, 5.74) is 6.03. The highest BCUT2D eigenvalue weighted by molar-refractivity contribution is 7.85. The van der Waals surface area contributed by atoms with Gasteiger partial charge in [-0.05, 0) is 19.1 Å². The zero-order valence-electron chi connectivity index (χ0n) is 9.10. The van der Waals surface area contributed by atoms with Crippen molar-refractivity contribution in [3.8, 4) is 0 Å². The summed E-state index contributed by atoms with van der Waals surface area (Å²) in [7, 11) is -1.32. The standard InChI is InChI=1S/C10H15N3O2S/c1-2-12-9(14)5-7-16(15)10-8(11)4-3-6-13-10/h3-4,6H,2,5,7,11H2,1H3,(H,12,14). The zero-order valence-corrected chi connectivity index (χ0v) is 9.92. The molecular weight excluding hydrogens is 226 g/mol. The van der Waals surface area contributed by atoms with E-state index in [2.05, 4.69) is 10.3 Å². The number of aromatic nitrogens is 1. The van der Waals surface area contributed by atoms with E-state index in [0.717, 1.165) is 0 Å². The van der Waals surface area contributed by atoms with Crippen LogP contribution in [0.2, 0.25) is 0 Å². The van der Waals surface area contributed by atoms with Gasteiger partial charge in [-0.15, -0.1) is 0 Å². The Bertz CT molecular complexity index is 395. The third-order valence-electron chi connectivity index (χ3n) is 1.90. The third-order valence-corrected chi connectivity index (χ3v) is 3.25. The monoisotopic (exact) mass is 241 g/mol. The first-order chi connectivity index (χ1) is 7.65. The first-order valence-corrected chi connectivity index (χ1v) is 6.32. The van der Waals surface area contributed by atoms with E-state index in [1.165, 1.54) is 6.20 Å². The second-order valence-corrected chi connectivity index (χ2v) is 4.64. The SMILES string of the molecule is CCNC(=O)CCS(=O)c1ncccc1N. The average molecular weight is 241 g/mol. The molecule has 16 heavy (non-hydrogen) atoms. The summed E-state index contributed by atoms with van der Waals surface area (Å²) in [6.07, 6.45) is 1.76.